The van der Waals surface area contributed by atoms with Gasteiger partial charge in [0, 0.05) is 5.56 Å². The highest BCUT2D eigenvalue weighted by molar-refractivity contribution is 6.13. The number of esters is 1. The Morgan fingerprint density at radius 3 is 2.38 bits per heavy atom. The summed E-state index contributed by atoms with van der Waals surface area (Å²) in [7, 11) is 2.79. The van der Waals surface area contributed by atoms with Crippen molar-refractivity contribution < 1.29 is 28.7 Å². The summed E-state index contributed by atoms with van der Waals surface area (Å²) < 4.78 is 20.9. The van der Waals surface area contributed by atoms with Gasteiger partial charge in [0.2, 0.25) is 5.90 Å². The minimum Gasteiger partial charge on any atom is -0.494 e. The van der Waals surface area contributed by atoms with E-state index in [0.29, 0.717) is 17.9 Å². The van der Waals surface area contributed by atoms with E-state index in [1.807, 2.05) is 6.92 Å². The quantitative estimate of drug-likeness (QED) is 0.304. The van der Waals surface area contributed by atoms with Gasteiger partial charge < -0.3 is 18.9 Å². The van der Waals surface area contributed by atoms with Gasteiger partial charge >= 0.3 is 5.97 Å². The lowest BCUT2D eigenvalue weighted by molar-refractivity contribution is -0.385. The van der Waals surface area contributed by atoms with E-state index in [9.17, 15) is 14.9 Å². The maximum Gasteiger partial charge on any atom is 0.363 e. The molecule has 9 nitrogen and oxygen atoms in total. The van der Waals surface area contributed by atoms with Crippen LogP contribution in [0.5, 0.6) is 17.2 Å². The zero-order chi connectivity index (χ0) is 21.0. The fourth-order valence-corrected chi connectivity index (χ4v) is 2.70. The van der Waals surface area contributed by atoms with Crippen LogP contribution in [0.2, 0.25) is 0 Å². The second-order valence-corrected chi connectivity index (χ2v) is 5.82. The van der Waals surface area contributed by atoms with E-state index in [0.717, 1.165) is 0 Å². The first-order chi connectivity index (χ1) is 14.0. The summed E-state index contributed by atoms with van der Waals surface area (Å²) in [6.45, 7) is 2.41. The number of nitrogens with zero attached hydrogens (tertiary/aromatic N) is 2. The lowest BCUT2D eigenvalue weighted by Crippen LogP contribution is -2.05. The molecule has 0 aromatic heterocycles. The largest absolute Gasteiger partial charge is 0.494 e. The van der Waals surface area contributed by atoms with Crippen molar-refractivity contribution in [2.24, 2.45) is 4.99 Å². The van der Waals surface area contributed by atoms with Crippen molar-refractivity contribution in [3.63, 3.8) is 0 Å². The SMILES string of the molecule is CCOc1ccc(C2=N/C(=C\c3cc(OC)c(OC)cc3[N+](=O)[O-])C(=O)O2)cc1. The van der Waals surface area contributed by atoms with Crippen LogP contribution in [0.3, 0.4) is 0 Å². The molecule has 0 saturated heterocycles. The maximum atomic E-state index is 12.2. The Bertz CT molecular complexity index is 1010. The Morgan fingerprint density at radius 2 is 1.79 bits per heavy atom. The van der Waals surface area contributed by atoms with Crippen molar-refractivity contribution in [3.8, 4) is 17.2 Å². The third-order valence-electron chi connectivity index (χ3n) is 4.05. The number of aliphatic imine (C=N–C) groups is 1. The van der Waals surface area contributed by atoms with Crippen LogP contribution in [-0.2, 0) is 9.53 Å². The van der Waals surface area contributed by atoms with E-state index in [4.69, 9.17) is 18.9 Å². The van der Waals surface area contributed by atoms with Gasteiger partial charge in [-0.1, -0.05) is 0 Å². The average Bonchev–Trinajstić information content (AvgIpc) is 3.08. The fourth-order valence-electron chi connectivity index (χ4n) is 2.70. The van der Waals surface area contributed by atoms with Crippen molar-refractivity contribution in [1.29, 1.82) is 0 Å². The summed E-state index contributed by atoms with van der Waals surface area (Å²) in [6.07, 6.45) is 1.28. The van der Waals surface area contributed by atoms with Crippen LogP contribution in [0.15, 0.2) is 47.1 Å². The van der Waals surface area contributed by atoms with E-state index in [1.165, 1.54) is 32.4 Å². The molecular weight excluding hydrogens is 380 g/mol. The number of hydrogen-bond donors (Lipinski definition) is 0. The number of nitro groups is 1. The average molecular weight is 398 g/mol. The molecule has 29 heavy (non-hydrogen) atoms. The van der Waals surface area contributed by atoms with E-state index in [1.54, 1.807) is 24.3 Å². The number of methoxy groups -OCH3 is 2. The number of benzene rings is 2. The monoisotopic (exact) mass is 398 g/mol. The number of ether oxygens (including phenoxy) is 4. The van der Waals surface area contributed by atoms with Crippen LogP contribution in [0, 0.1) is 10.1 Å². The number of rotatable bonds is 7. The van der Waals surface area contributed by atoms with Gasteiger partial charge in [-0.05, 0) is 43.3 Å². The number of nitro benzene ring substituents is 1. The minimum absolute atomic E-state index is 0.0656. The molecule has 0 saturated carbocycles. The van der Waals surface area contributed by atoms with E-state index in [-0.39, 0.29) is 34.3 Å². The Labute approximate surface area is 166 Å². The molecule has 0 amide bonds. The van der Waals surface area contributed by atoms with Crippen molar-refractivity contribution in [1.82, 2.24) is 0 Å². The highest BCUT2D eigenvalue weighted by Crippen LogP contribution is 2.36. The lowest BCUT2D eigenvalue weighted by Gasteiger charge is -2.08. The zero-order valence-electron chi connectivity index (χ0n) is 16.0. The van der Waals surface area contributed by atoms with Gasteiger partial charge in [0.1, 0.15) is 5.75 Å². The summed E-state index contributed by atoms with van der Waals surface area (Å²) in [5.41, 5.74) is 0.389. The number of carbonyl (C=O) groups excluding carboxylic acids is 1. The summed E-state index contributed by atoms with van der Waals surface area (Å²) in [6, 6.07) is 9.51. The predicted molar refractivity (Wildman–Crippen MR) is 104 cm³/mol. The maximum absolute atomic E-state index is 12.2. The fraction of sp³-hybridized carbons (Fsp3) is 0.200. The predicted octanol–water partition coefficient (Wildman–Crippen LogP) is 3.36. The topological polar surface area (TPSA) is 109 Å². The molecule has 3 rings (SSSR count). The Morgan fingerprint density at radius 1 is 1.14 bits per heavy atom. The minimum atomic E-state index is -0.710. The molecular formula is C20H18N2O7. The van der Waals surface area contributed by atoms with Crippen molar-refractivity contribution in [3.05, 3.63) is 63.3 Å². The Balaban J connectivity index is 1.99. The summed E-state index contributed by atoms with van der Waals surface area (Å²) in [5, 5.41) is 11.4. The standard InChI is InChI=1S/C20H18N2O7/c1-4-28-14-7-5-12(6-8-14)19-21-15(20(23)29-19)9-13-10-17(26-2)18(27-3)11-16(13)22(24)25/h5-11H,4H2,1-3H3/b15-9-. The van der Waals surface area contributed by atoms with Crippen molar-refractivity contribution in [2.75, 3.05) is 20.8 Å². The van der Waals surface area contributed by atoms with E-state index < -0.39 is 10.9 Å². The van der Waals surface area contributed by atoms with E-state index in [2.05, 4.69) is 4.99 Å². The van der Waals surface area contributed by atoms with Crippen LogP contribution in [-0.4, -0.2) is 37.6 Å². The van der Waals surface area contributed by atoms with Gasteiger partial charge in [0.25, 0.3) is 5.69 Å². The van der Waals surface area contributed by atoms with Gasteiger partial charge in [-0.25, -0.2) is 9.79 Å². The summed E-state index contributed by atoms with van der Waals surface area (Å²) in [4.78, 5) is 27.3. The first kappa shape index (κ1) is 19.9. The third kappa shape index (κ3) is 4.18. The molecule has 1 heterocycles. The third-order valence-corrected chi connectivity index (χ3v) is 4.05. The number of carbonyl (C=O) groups is 1. The summed E-state index contributed by atoms with van der Waals surface area (Å²) in [5.74, 6) is 0.559. The van der Waals surface area contributed by atoms with Gasteiger partial charge in [-0.2, -0.15) is 0 Å². The molecule has 1 aliphatic rings. The second kappa shape index (κ2) is 8.42. The lowest BCUT2D eigenvalue weighted by atomic mass is 10.1. The molecule has 150 valence electrons. The molecule has 0 fully saturated rings. The van der Waals surface area contributed by atoms with Crippen LogP contribution >= 0.6 is 0 Å². The summed E-state index contributed by atoms with van der Waals surface area (Å²) >= 11 is 0. The van der Waals surface area contributed by atoms with Gasteiger partial charge in [0.05, 0.1) is 37.4 Å². The molecule has 0 aliphatic carbocycles. The smallest absolute Gasteiger partial charge is 0.363 e. The molecule has 0 atom stereocenters. The van der Waals surface area contributed by atoms with Crippen molar-refractivity contribution >= 4 is 23.6 Å². The zero-order valence-corrected chi connectivity index (χ0v) is 16.0. The highest BCUT2D eigenvalue weighted by Gasteiger charge is 2.26. The van der Waals surface area contributed by atoms with Gasteiger partial charge in [-0.15, -0.1) is 0 Å². The molecule has 0 bridgehead atoms. The molecule has 2 aromatic rings. The van der Waals surface area contributed by atoms with Gasteiger partial charge in [-0.3, -0.25) is 10.1 Å². The van der Waals surface area contributed by atoms with E-state index >= 15 is 0 Å². The molecule has 0 radical (unpaired) electrons. The Kier molecular flexibility index (Phi) is 5.77. The van der Waals surface area contributed by atoms with Crippen LogP contribution in [0.25, 0.3) is 6.08 Å². The molecule has 9 heteroatoms. The van der Waals surface area contributed by atoms with Crippen LogP contribution in [0.1, 0.15) is 18.1 Å². The van der Waals surface area contributed by atoms with Crippen LogP contribution in [0.4, 0.5) is 5.69 Å². The molecule has 2 aromatic carbocycles. The Hall–Kier alpha value is -3.88. The van der Waals surface area contributed by atoms with Crippen LogP contribution < -0.4 is 14.2 Å². The number of cyclic esters (lactones) is 1. The second-order valence-electron chi connectivity index (χ2n) is 5.82. The molecule has 1 aliphatic heterocycles. The molecule has 0 unspecified atom stereocenters. The first-order valence-corrected chi connectivity index (χ1v) is 8.63. The van der Waals surface area contributed by atoms with Gasteiger partial charge in [0.15, 0.2) is 17.2 Å². The van der Waals surface area contributed by atoms with Crippen molar-refractivity contribution in [2.45, 2.75) is 6.92 Å². The number of hydrogen-bond acceptors (Lipinski definition) is 8. The first-order valence-electron chi connectivity index (χ1n) is 8.63. The highest BCUT2D eigenvalue weighted by atomic mass is 16.6. The molecule has 0 N–H and O–H groups in total. The normalized spacial score (nSPS) is 14.4. The molecule has 0 spiro atoms.